The summed E-state index contributed by atoms with van der Waals surface area (Å²) in [5.74, 6) is -3.38. The van der Waals surface area contributed by atoms with E-state index in [1.807, 2.05) is 0 Å². The van der Waals surface area contributed by atoms with Gasteiger partial charge in [0.2, 0.25) is 0 Å². The Kier molecular flexibility index (Phi) is 5.87. The summed E-state index contributed by atoms with van der Waals surface area (Å²) in [5.41, 5.74) is 0.926. The highest BCUT2D eigenvalue weighted by atomic mass is 16.5. The van der Waals surface area contributed by atoms with E-state index in [0.29, 0.717) is 0 Å². The molecule has 0 spiro atoms. The molecule has 0 aromatic heterocycles. The molecule has 0 saturated carbocycles. The summed E-state index contributed by atoms with van der Waals surface area (Å²) in [6.45, 7) is -0.387. The van der Waals surface area contributed by atoms with E-state index in [1.54, 1.807) is 24.3 Å². The second-order valence-electron chi connectivity index (χ2n) is 7.74. The van der Waals surface area contributed by atoms with E-state index in [4.69, 9.17) is 4.74 Å². The lowest BCUT2D eigenvalue weighted by Crippen LogP contribution is -2.45. The van der Waals surface area contributed by atoms with Crippen molar-refractivity contribution in [3.63, 3.8) is 0 Å². The van der Waals surface area contributed by atoms with E-state index in [0.717, 1.165) is 16.9 Å². The second-order valence-corrected chi connectivity index (χ2v) is 7.74. The van der Waals surface area contributed by atoms with Gasteiger partial charge in [-0.25, -0.2) is 4.79 Å². The fourth-order valence-corrected chi connectivity index (χ4v) is 4.11. The van der Waals surface area contributed by atoms with Crippen LogP contribution in [-0.2, 0) is 14.3 Å². The Morgan fingerprint density at radius 2 is 1.24 bits per heavy atom. The molecule has 0 aliphatic carbocycles. The van der Waals surface area contributed by atoms with Crippen molar-refractivity contribution < 1.29 is 33.5 Å². The van der Waals surface area contributed by atoms with Gasteiger partial charge < -0.3 is 4.74 Å². The number of hydrogen-bond acceptors (Lipinski definition) is 7. The van der Waals surface area contributed by atoms with Gasteiger partial charge in [-0.2, -0.15) is 0 Å². The van der Waals surface area contributed by atoms with Crippen LogP contribution in [0.25, 0.3) is 0 Å². The summed E-state index contributed by atoms with van der Waals surface area (Å²) >= 11 is 0. The summed E-state index contributed by atoms with van der Waals surface area (Å²) < 4.78 is 4.78. The van der Waals surface area contributed by atoms with Crippen LogP contribution in [0.5, 0.6) is 0 Å². The van der Waals surface area contributed by atoms with E-state index in [9.17, 15) is 28.8 Å². The predicted molar refractivity (Wildman–Crippen MR) is 113 cm³/mol. The van der Waals surface area contributed by atoms with Crippen LogP contribution in [0.1, 0.15) is 60.7 Å². The van der Waals surface area contributed by atoms with E-state index in [-0.39, 0.29) is 53.8 Å². The first-order chi connectivity index (χ1) is 15.8. The quantitative estimate of drug-likeness (QED) is 0.447. The number of benzene rings is 2. The minimum absolute atomic E-state index is 0.00595. The number of carbonyl (C=O) groups is 6. The van der Waals surface area contributed by atoms with Crippen LogP contribution in [0.2, 0.25) is 0 Å². The molecule has 4 amide bonds. The molecule has 0 N–H and O–H groups in total. The zero-order valence-corrected chi connectivity index (χ0v) is 17.8. The number of ether oxygens (including phenoxy) is 1. The Labute approximate surface area is 188 Å². The molecule has 2 heterocycles. The third kappa shape index (κ3) is 3.82. The Balaban J connectivity index is 1.39. The Morgan fingerprint density at radius 1 is 0.788 bits per heavy atom. The molecular weight excluding hydrogens is 428 g/mol. The van der Waals surface area contributed by atoms with Crippen molar-refractivity contribution in [2.45, 2.75) is 25.3 Å². The molecule has 9 nitrogen and oxygen atoms in total. The molecule has 0 saturated heterocycles. The second kappa shape index (κ2) is 8.78. The first kappa shape index (κ1) is 22.1. The molecule has 0 bridgehead atoms. The Hall–Kier alpha value is -4.14. The molecule has 33 heavy (non-hydrogen) atoms. The molecule has 1 unspecified atom stereocenters. The first-order valence-electron chi connectivity index (χ1n) is 10.4. The number of ketones is 1. The van der Waals surface area contributed by atoms with Crippen molar-refractivity contribution in [1.29, 1.82) is 0 Å². The zero-order valence-electron chi connectivity index (χ0n) is 17.8. The molecule has 2 aliphatic heterocycles. The topological polar surface area (TPSA) is 118 Å². The van der Waals surface area contributed by atoms with Crippen molar-refractivity contribution in [1.82, 2.24) is 9.80 Å². The van der Waals surface area contributed by atoms with Crippen LogP contribution in [0.3, 0.4) is 0 Å². The monoisotopic (exact) mass is 448 g/mol. The van der Waals surface area contributed by atoms with E-state index in [2.05, 4.69) is 0 Å². The van der Waals surface area contributed by atoms with Crippen LogP contribution in [0, 0.1) is 0 Å². The standard InChI is InChI=1S/C24H20N2O7/c1-33-24(32)19(26-22(30)17-10-4-5-11-18(17)23(26)31)12-6-7-14(27)13-25-20(28)15-8-2-3-9-16(15)21(25)29/h2-5,8-11,19H,6-7,12-13H2,1H3. The predicted octanol–water partition coefficient (Wildman–Crippen LogP) is 1.86. The number of hydrogen-bond donors (Lipinski definition) is 0. The first-order valence-corrected chi connectivity index (χ1v) is 10.4. The van der Waals surface area contributed by atoms with E-state index < -0.39 is 35.6 Å². The summed E-state index contributed by atoms with van der Waals surface area (Å²) in [6.07, 6.45) is 0.102. The minimum atomic E-state index is -1.19. The highest BCUT2D eigenvalue weighted by molar-refractivity contribution is 6.23. The van der Waals surface area contributed by atoms with Crippen molar-refractivity contribution in [3.8, 4) is 0 Å². The fraction of sp³-hybridized carbons (Fsp3) is 0.250. The summed E-state index contributed by atoms with van der Waals surface area (Å²) in [6, 6.07) is 11.4. The van der Waals surface area contributed by atoms with Crippen LogP contribution in [-0.4, -0.2) is 64.9 Å². The number of Topliss-reactive ketones (excluding diaryl/α,β-unsaturated/α-hetero) is 1. The summed E-state index contributed by atoms with van der Waals surface area (Å²) in [4.78, 5) is 76.9. The number of fused-ring (bicyclic) bond motifs is 2. The van der Waals surface area contributed by atoms with Crippen LogP contribution in [0.15, 0.2) is 48.5 Å². The van der Waals surface area contributed by atoms with Gasteiger partial charge in [-0.3, -0.25) is 33.8 Å². The minimum Gasteiger partial charge on any atom is -0.467 e. The molecule has 4 rings (SSSR count). The number of amides is 4. The number of carbonyl (C=O) groups excluding carboxylic acids is 6. The maximum absolute atomic E-state index is 12.7. The highest BCUT2D eigenvalue weighted by Crippen LogP contribution is 2.27. The van der Waals surface area contributed by atoms with E-state index >= 15 is 0 Å². The van der Waals surface area contributed by atoms with Crippen LogP contribution in [0.4, 0.5) is 0 Å². The molecule has 2 aromatic rings. The lowest BCUT2D eigenvalue weighted by molar-refractivity contribution is -0.145. The Morgan fingerprint density at radius 3 is 1.70 bits per heavy atom. The largest absolute Gasteiger partial charge is 0.467 e. The third-order valence-electron chi connectivity index (χ3n) is 5.76. The molecule has 2 aromatic carbocycles. The van der Waals surface area contributed by atoms with Crippen molar-refractivity contribution >= 4 is 35.4 Å². The number of methoxy groups -OCH3 is 1. The third-order valence-corrected chi connectivity index (χ3v) is 5.76. The average molecular weight is 448 g/mol. The average Bonchev–Trinajstić information content (AvgIpc) is 3.22. The lowest BCUT2D eigenvalue weighted by Gasteiger charge is -2.24. The van der Waals surface area contributed by atoms with Gasteiger partial charge in [0.15, 0.2) is 5.78 Å². The van der Waals surface area contributed by atoms with Crippen LogP contribution < -0.4 is 0 Å². The lowest BCUT2D eigenvalue weighted by atomic mass is 10.1. The van der Waals surface area contributed by atoms with Crippen LogP contribution >= 0.6 is 0 Å². The van der Waals surface area contributed by atoms with Gasteiger partial charge in [0.25, 0.3) is 23.6 Å². The smallest absolute Gasteiger partial charge is 0.329 e. The highest BCUT2D eigenvalue weighted by Gasteiger charge is 2.43. The van der Waals surface area contributed by atoms with Gasteiger partial charge in [-0.05, 0) is 37.1 Å². The fourth-order valence-electron chi connectivity index (χ4n) is 4.11. The van der Waals surface area contributed by atoms with Gasteiger partial charge in [0, 0.05) is 6.42 Å². The van der Waals surface area contributed by atoms with Gasteiger partial charge in [-0.1, -0.05) is 24.3 Å². The van der Waals surface area contributed by atoms with Gasteiger partial charge in [0.1, 0.15) is 6.04 Å². The number of esters is 1. The normalized spacial score (nSPS) is 15.5. The number of nitrogens with zero attached hydrogens (tertiary/aromatic N) is 2. The van der Waals surface area contributed by atoms with E-state index in [1.165, 1.54) is 24.3 Å². The molecule has 168 valence electrons. The van der Waals surface area contributed by atoms with Gasteiger partial charge >= 0.3 is 5.97 Å². The molecule has 0 radical (unpaired) electrons. The number of imide groups is 2. The maximum Gasteiger partial charge on any atom is 0.329 e. The van der Waals surface area contributed by atoms with Gasteiger partial charge in [-0.15, -0.1) is 0 Å². The summed E-state index contributed by atoms with van der Waals surface area (Å²) in [5, 5.41) is 0. The maximum atomic E-state index is 12.7. The van der Waals surface area contributed by atoms with Crippen molar-refractivity contribution in [2.24, 2.45) is 0 Å². The summed E-state index contributed by atoms with van der Waals surface area (Å²) in [7, 11) is 1.15. The zero-order chi connectivity index (χ0) is 23.7. The molecule has 2 aliphatic rings. The molecule has 9 heteroatoms. The molecular formula is C24H20N2O7. The number of rotatable bonds is 8. The van der Waals surface area contributed by atoms with Crippen molar-refractivity contribution in [3.05, 3.63) is 70.8 Å². The molecule has 1 atom stereocenters. The van der Waals surface area contributed by atoms with Crippen molar-refractivity contribution in [2.75, 3.05) is 13.7 Å². The van der Waals surface area contributed by atoms with Gasteiger partial charge in [0.05, 0.1) is 35.9 Å². The Bertz CT molecular complexity index is 1130. The SMILES string of the molecule is COC(=O)C(CCCC(=O)CN1C(=O)c2ccccc2C1=O)N1C(=O)c2ccccc2C1=O. The molecule has 0 fully saturated rings.